The van der Waals surface area contributed by atoms with E-state index in [9.17, 15) is 18.4 Å². The number of amides is 1. The average Bonchev–Trinajstić information content (AvgIpc) is 2.56. The lowest BCUT2D eigenvalue weighted by Crippen LogP contribution is -2.44. The van der Waals surface area contributed by atoms with Crippen molar-refractivity contribution >= 4 is 11.9 Å². The molecule has 0 spiro atoms. The van der Waals surface area contributed by atoms with Crippen LogP contribution in [0.3, 0.4) is 0 Å². The number of carboxylic acids is 1. The second-order valence-corrected chi connectivity index (χ2v) is 5.81. The maximum Gasteiger partial charge on any atom is 0.305 e. The van der Waals surface area contributed by atoms with E-state index in [1.165, 1.54) is 0 Å². The molecular weight excluding hydrogens is 320 g/mol. The zero-order chi connectivity index (χ0) is 17.5. The van der Waals surface area contributed by atoms with Gasteiger partial charge in [0.25, 0.3) is 0 Å². The molecule has 24 heavy (non-hydrogen) atoms. The van der Waals surface area contributed by atoms with Crippen LogP contribution in [0.4, 0.5) is 8.78 Å². The van der Waals surface area contributed by atoms with Crippen molar-refractivity contribution in [3.05, 3.63) is 35.4 Å². The molecule has 5 nitrogen and oxygen atoms in total. The Morgan fingerprint density at radius 1 is 1.21 bits per heavy atom. The molecule has 1 N–H and O–H groups in total. The first kappa shape index (κ1) is 18.3. The molecule has 7 heteroatoms. The number of carbonyl (C=O) groups excluding carboxylic acids is 1. The molecule has 0 radical (unpaired) electrons. The Hall–Kier alpha value is -2.02. The normalized spacial score (nSPS) is 15.2. The highest BCUT2D eigenvalue weighted by molar-refractivity contribution is 5.77. The van der Waals surface area contributed by atoms with Crippen LogP contribution in [0.2, 0.25) is 0 Å². The highest BCUT2D eigenvalue weighted by Crippen LogP contribution is 2.18. The zero-order valence-electron chi connectivity index (χ0n) is 13.3. The van der Waals surface area contributed by atoms with Crippen LogP contribution < -0.4 is 0 Å². The number of carboxylic acid groups (broad SMARTS) is 1. The Morgan fingerprint density at radius 2 is 1.92 bits per heavy atom. The molecule has 132 valence electrons. The fraction of sp³-hybridized carbons (Fsp3) is 0.529. The third kappa shape index (κ3) is 5.26. The summed E-state index contributed by atoms with van der Waals surface area (Å²) in [5.74, 6) is -2.32. The summed E-state index contributed by atoms with van der Waals surface area (Å²) in [6, 6.07) is 3.08. The monoisotopic (exact) mass is 341 g/mol. The predicted molar refractivity (Wildman–Crippen MR) is 82.5 cm³/mol. The number of benzene rings is 1. The summed E-state index contributed by atoms with van der Waals surface area (Å²) in [7, 11) is 0. The Bertz CT molecular complexity index is 588. The first-order valence-electron chi connectivity index (χ1n) is 8.00. The van der Waals surface area contributed by atoms with E-state index in [0.717, 1.165) is 18.2 Å². The van der Waals surface area contributed by atoms with Gasteiger partial charge in [0.05, 0.1) is 6.42 Å². The van der Waals surface area contributed by atoms with E-state index in [2.05, 4.69) is 0 Å². The SMILES string of the molecule is O=C(O)CCN(C(=O)CCc1cc(F)ccc1F)C1CCOCC1. The molecule has 1 aromatic rings. The van der Waals surface area contributed by atoms with Crippen molar-refractivity contribution in [2.75, 3.05) is 19.8 Å². The van der Waals surface area contributed by atoms with Crippen LogP contribution in [0, 0.1) is 11.6 Å². The molecule has 1 aliphatic heterocycles. The maximum atomic E-state index is 13.6. The van der Waals surface area contributed by atoms with Crippen LogP contribution in [0.15, 0.2) is 18.2 Å². The van der Waals surface area contributed by atoms with Gasteiger partial charge < -0.3 is 14.7 Å². The van der Waals surface area contributed by atoms with Crippen molar-refractivity contribution in [2.45, 2.75) is 38.1 Å². The Labute approximate surface area is 139 Å². The lowest BCUT2D eigenvalue weighted by atomic mass is 10.0. The molecule has 0 saturated carbocycles. The van der Waals surface area contributed by atoms with Gasteiger partial charge in [0.1, 0.15) is 11.6 Å². The molecule has 1 fully saturated rings. The summed E-state index contributed by atoms with van der Waals surface area (Å²) in [6.45, 7) is 1.17. The van der Waals surface area contributed by atoms with Crippen molar-refractivity contribution in [2.24, 2.45) is 0 Å². The fourth-order valence-electron chi connectivity index (χ4n) is 2.84. The second kappa shape index (κ2) is 8.73. The van der Waals surface area contributed by atoms with E-state index in [1.54, 1.807) is 4.90 Å². The molecule has 2 rings (SSSR count). The zero-order valence-corrected chi connectivity index (χ0v) is 13.3. The predicted octanol–water partition coefficient (Wildman–Crippen LogP) is 2.38. The Kier molecular flexibility index (Phi) is 6.66. The quantitative estimate of drug-likeness (QED) is 0.827. The lowest BCUT2D eigenvalue weighted by Gasteiger charge is -2.34. The molecule has 0 aromatic heterocycles. The van der Waals surface area contributed by atoms with E-state index < -0.39 is 17.6 Å². The third-order valence-electron chi connectivity index (χ3n) is 4.13. The van der Waals surface area contributed by atoms with E-state index in [1.807, 2.05) is 0 Å². The number of aliphatic carboxylic acids is 1. The average molecular weight is 341 g/mol. The molecule has 1 amide bonds. The summed E-state index contributed by atoms with van der Waals surface area (Å²) in [5.41, 5.74) is 0.147. The second-order valence-electron chi connectivity index (χ2n) is 5.81. The highest BCUT2D eigenvalue weighted by atomic mass is 19.1. The van der Waals surface area contributed by atoms with Crippen molar-refractivity contribution < 1.29 is 28.2 Å². The molecule has 0 aliphatic carbocycles. The first-order chi connectivity index (χ1) is 11.5. The molecule has 1 saturated heterocycles. The van der Waals surface area contributed by atoms with Crippen LogP contribution in [0.5, 0.6) is 0 Å². The minimum atomic E-state index is -0.976. The number of carbonyl (C=O) groups is 2. The van der Waals surface area contributed by atoms with Gasteiger partial charge >= 0.3 is 5.97 Å². The molecule has 0 bridgehead atoms. The minimum Gasteiger partial charge on any atom is -0.481 e. The summed E-state index contributed by atoms with van der Waals surface area (Å²) in [4.78, 5) is 24.9. The summed E-state index contributed by atoms with van der Waals surface area (Å²) in [5, 5.41) is 8.86. The van der Waals surface area contributed by atoms with Gasteiger partial charge in [-0.15, -0.1) is 0 Å². The molecule has 1 aliphatic rings. The minimum absolute atomic E-state index is 0.0113. The topological polar surface area (TPSA) is 66.8 Å². The van der Waals surface area contributed by atoms with Gasteiger partial charge in [0.2, 0.25) is 5.91 Å². The molecule has 1 heterocycles. The fourth-order valence-corrected chi connectivity index (χ4v) is 2.84. The van der Waals surface area contributed by atoms with Crippen molar-refractivity contribution in [1.29, 1.82) is 0 Å². The summed E-state index contributed by atoms with van der Waals surface area (Å²) in [6.07, 6.45) is 1.25. The first-order valence-corrected chi connectivity index (χ1v) is 8.00. The van der Waals surface area contributed by atoms with Gasteiger partial charge in [-0.2, -0.15) is 0 Å². The van der Waals surface area contributed by atoms with Gasteiger partial charge in [-0.1, -0.05) is 0 Å². The van der Waals surface area contributed by atoms with Crippen molar-refractivity contribution in [3.8, 4) is 0 Å². The van der Waals surface area contributed by atoms with Gasteiger partial charge in [-0.3, -0.25) is 9.59 Å². The van der Waals surface area contributed by atoms with Crippen LogP contribution in [0.1, 0.15) is 31.2 Å². The lowest BCUT2D eigenvalue weighted by molar-refractivity contribution is -0.140. The molecular formula is C17H21F2NO4. The number of hydrogen-bond acceptors (Lipinski definition) is 3. The molecule has 0 unspecified atom stereocenters. The van der Waals surface area contributed by atoms with Gasteiger partial charge in [-0.05, 0) is 43.0 Å². The largest absolute Gasteiger partial charge is 0.481 e. The Balaban J connectivity index is 2.00. The van der Waals surface area contributed by atoms with E-state index in [0.29, 0.717) is 26.1 Å². The van der Waals surface area contributed by atoms with Gasteiger partial charge in [0, 0.05) is 32.2 Å². The maximum absolute atomic E-state index is 13.6. The van der Waals surface area contributed by atoms with Crippen molar-refractivity contribution in [1.82, 2.24) is 4.90 Å². The highest BCUT2D eigenvalue weighted by Gasteiger charge is 2.26. The standard InChI is InChI=1S/C17H21F2NO4/c18-13-2-3-15(19)12(11-13)1-4-16(21)20(8-5-17(22)23)14-6-9-24-10-7-14/h2-3,11,14H,1,4-10H2,(H,22,23). The number of hydrogen-bond donors (Lipinski definition) is 1. The van der Waals surface area contributed by atoms with E-state index >= 15 is 0 Å². The van der Waals surface area contributed by atoms with E-state index in [4.69, 9.17) is 9.84 Å². The number of nitrogens with zero attached hydrogens (tertiary/aromatic N) is 1. The van der Waals surface area contributed by atoms with Crippen LogP contribution in [0.25, 0.3) is 0 Å². The number of aryl methyl sites for hydroxylation is 1. The third-order valence-corrected chi connectivity index (χ3v) is 4.13. The summed E-state index contributed by atoms with van der Waals surface area (Å²) < 4.78 is 32.1. The number of halogens is 2. The number of rotatable bonds is 7. The summed E-state index contributed by atoms with van der Waals surface area (Å²) >= 11 is 0. The van der Waals surface area contributed by atoms with Gasteiger partial charge in [-0.25, -0.2) is 8.78 Å². The van der Waals surface area contributed by atoms with E-state index in [-0.39, 0.29) is 43.3 Å². The van der Waals surface area contributed by atoms with Crippen LogP contribution >= 0.6 is 0 Å². The molecule has 1 aromatic carbocycles. The molecule has 0 atom stereocenters. The Morgan fingerprint density at radius 3 is 2.58 bits per heavy atom. The van der Waals surface area contributed by atoms with Crippen LogP contribution in [-0.4, -0.2) is 47.7 Å². The van der Waals surface area contributed by atoms with Crippen LogP contribution in [-0.2, 0) is 20.7 Å². The smallest absolute Gasteiger partial charge is 0.305 e. The van der Waals surface area contributed by atoms with Crippen molar-refractivity contribution in [3.63, 3.8) is 0 Å². The van der Waals surface area contributed by atoms with Gasteiger partial charge in [0.15, 0.2) is 0 Å². The number of ether oxygens (including phenoxy) is 1.